The van der Waals surface area contributed by atoms with E-state index in [9.17, 15) is 9.59 Å². The number of nitrogens with zero attached hydrogens (tertiary/aromatic N) is 5. The molecule has 1 aromatic heterocycles. The summed E-state index contributed by atoms with van der Waals surface area (Å²) in [5, 5.41) is 9.05. The first-order valence-electron chi connectivity index (χ1n) is 11.8. The van der Waals surface area contributed by atoms with Crippen LogP contribution in [0, 0.1) is 11.3 Å². The van der Waals surface area contributed by atoms with Crippen LogP contribution < -0.4 is 4.90 Å². The van der Waals surface area contributed by atoms with E-state index in [0.29, 0.717) is 25.1 Å². The predicted octanol–water partition coefficient (Wildman–Crippen LogP) is 4.21. The topological polar surface area (TPSA) is 82.2 Å². The Bertz CT molecular complexity index is 1400. The molecule has 1 aliphatic rings. The Morgan fingerprint density at radius 3 is 2.19 bits per heavy atom. The first-order chi connectivity index (χ1) is 17.6. The molecule has 186 valence electrons. The Kier molecular flexibility index (Phi) is 8.02. The maximum Gasteiger partial charge on any atom is 0.316 e. The van der Waals surface area contributed by atoms with Crippen molar-refractivity contribution in [1.82, 2.24) is 14.5 Å². The number of anilines is 1. The van der Waals surface area contributed by atoms with Crippen LogP contribution >= 0.6 is 12.4 Å². The molecule has 0 spiro atoms. The number of imidazole rings is 1. The zero-order valence-corrected chi connectivity index (χ0v) is 20.9. The number of rotatable bonds is 7. The fourth-order valence-corrected chi connectivity index (χ4v) is 4.57. The molecule has 1 aliphatic heterocycles. The summed E-state index contributed by atoms with van der Waals surface area (Å²) in [5.74, 6) is -1.04. The van der Waals surface area contributed by atoms with Gasteiger partial charge in [0.25, 0.3) is 0 Å². The summed E-state index contributed by atoms with van der Waals surface area (Å²) in [6.07, 6.45) is 4.10. The third kappa shape index (κ3) is 5.71. The lowest BCUT2D eigenvalue weighted by Gasteiger charge is -2.40. The standard InChI is InChI=1S/C29H25N5O2.ClH/c30-16-23-11-13-24(14-12-23)18-32-21-31-17-27(32)20-34-26(15-22-7-3-1-4-8-22)19-33(28(35)29(34)36)25-9-5-2-6-10-25;/h1-14,17,21,26H,15,18-20H2;1H/t26-;/m0./s1. The maximum atomic E-state index is 13.5. The summed E-state index contributed by atoms with van der Waals surface area (Å²) in [4.78, 5) is 34.2. The van der Waals surface area contributed by atoms with Gasteiger partial charge in [0.05, 0.1) is 36.2 Å². The smallest absolute Gasteiger partial charge is 0.316 e. The number of carbonyl (C=O) groups is 2. The van der Waals surface area contributed by atoms with Crippen molar-refractivity contribution in [2.24, 2.45) is 0 Å². The van der Waals surface area contributed by atoms with Crippen LogP contribution in [0.2, 0.25) is 0 Å². The van der Waals surface area contributed by atoms with Crippen molar-refractivity contribution in [2.75, 3.05) is 11.4 Å². The van der Waals surface area contributed by atoms with Gasteiger partial charge in [0, 0.05) is 25.0 Å². The summed E-state index contributed by atoms with van der Waals surface area (Å²) in [6, 6.07) is 28.7. The van der Waals surface area contributed by atoms with Gasteiger partial charge >= 0.3 is 11.8 Å². The first-order valence-corrected chi connectivity index (χ1v) is 11.8. The summed E-state index contributed by atoms with van der Waals surface area (Å²) < 4.78 is 1.97. The Morgan fingerprint density at radius 2 is 1.51 bits per heavy atom. The van der Waals surface area contributed by atoms with Crippen molar-refractivity contribution in [1.29, 1.82) is 5.26 Å². The number of amides is 2. The lowest BCUT2D eigenvalue weighted by Crippen LogP contribution is -2.60. The predicted molar refractivity (Wildman–Crippen MR) is 143 cm³/mol. The van der Waals surface area contributed by atoms with Crippen molar-refractivity contribution in [2.45, 2.75) is 25.6 Å². The number of para-hydroxylation sites is 1. The third-order valence-electron chi connectivity index (χ3n) is 6.47. The normalized spacial score (nSPS) is 15.3. The van der Waals surface area contributed by atoms with E-state index in [1.165, 1.54) is 0 Å². The fraction of sp³-hybridized carbons (Fsp3) is 0.172. The van der Waals surface area contributed by atoms with Crippen LogP contribution in [0.3, 0.4) is 0 Å². The average Bonchev–Trinajstić information content (AvgIpc) is 3.36. The van der Waals surface area contributed by atoms with E-state index >= 15 is 0 Å². The highest BCUT2D eigenvalue weighted by Crippen LogP contribution is 2.24. The van der Waals surface area contributed by atoms with Gasteiger partial charge in [-0.3, -0.25) is 9.59 Å². The molecule has 1 atom stereocenters. The van der Waals surface area contributed by atoms with Gasteiger partial charge in [0.15, 0.2) is 0 Å². The number of aromatic nitrogens is 2. The minimum atomic E-state index is -0.524. The number of halogens is 1. The minimum Gasteiger partial charge on any atom is -0.329 e. The molecule has 1 saturated heterocycles. The van der Waals surface area contributed by atoms with Crippen molar-refractivity contribution < 1.29 is 9.59 Å². The van der Waals surface area contributed by atoms with Crippen LogP contribution in [0.5, 0.6) is 0 Å². The van der Waals surface area contributed by atoms with Gasteiger partial charge in [-0.2, -0.15) is 5.26 Å². The molecule has 8 heteroatoms. The van der Waals surface area contributed by atoms with Crippen LogP contribution in [0.1, 0.15) is 22.4 Å². The van der Waals surface area contributed by atoms with Crippen LogP contribution in [-0.2, 0) is 29.1 Å². The molecule has 0 N–H and O–H groups in total. The van der Waals surface area contributed by atoms with Crippen molar-refractivity contribution in [3.05, 3.63) is 120 Å². The second-order valence-electron chi connectivity index (χ2n) is 8.85. The SMILES string of the molecule is Cl.N#Cc1ccc(Cn2cncc2CN2C(=O)C(=O)N(c3ccccc3)C[C@@H]2Cc2ccccc2)cc1. The van der Waals surface area contributed by atoms with Crippen LogP contribution in [0.15, 0.2) is 97.5 Å². The highest BCUT2D eigenvalue weighted by molar-refractivity contribution is 6.41. The molecule has 4 aromatic rings. The van der Waals surface area contributed by atoms with Crippen molar-refractivity contribution >= 4 is 29.9 Å². The average molecular weight is 512 g/mol. The second-order valence-corrected chi connectivity index (χ2v) is 8.85. The molecule has 3 aromatic carbocycles. The minimum absolute atomic E-state index is 0. The molecule has 1 fully saturated rings. The Hall–Kier alpha value is -4.41. The molecule has 0 radical (unpaired) electrons. The van der Waals surface area contributed by atoms with E-state index in [1.807, 2.05) is 77.4 Å². The second kappa shape index (κ2) is 11.5. The zero-order chi connectivity index (χ0) is 24.9. The van der Waals surface area contributed by atoms with Gasteiger partial charge in [0.1, 0.15) is 0 Å². The maximum absolute atomic E-state index is 13.5. The molecule has 5 rings (SSSR count). The molecule has 37 heavy (non-hydrogen) atoms. The molecular formula is C29H26ClN5O2. The van der Waals surface area contributed by atoms with E-state index in [1.54, 1.807) is 34.5 Å². The molecule has 0 bridgehead atoms. The van der Waals surface area contributed by atoms with Gasteiger partial charge in [0.2, 0.25) is 0 Å². The number of nitriles is 1. The quantitative estimate of drug-likeness (QED) is 0.348. The highest BCUT2D eigenvalue weighted by atomic mass is 35.5. The Morgan fingerprint density at radius 1 is 0.838 bits per heavy atom. The monoisotopic (exact) mass is 511 g/mol. The number of hydrogen-bond donors (Lipinski definition) is 0. The van der Waals surface area contributed by atoms with Crippen LogP contribution in [0.4, 0.5) is 5.69 Å². The van der Waals surface area contributed by atoms with Crippen molar-refractivity contribution in [3.63, 3.8) is 0 Å². The summed E-state index contributed by atoms with van der Waals surface area (Å²) in [6.45, 7) is 1.24. The van der Waals surface area contributed by atoms with E-state index in [2.05, 4.69) is 11.1 Å². The summed E-state index contributed by atoms with van der Waals surface area (Å²) in [7, 11) is 0. The molecular weight excluding hydrogens is 486 g/mol. The van der Waals surface area contributed by atoms with E-state index in [0.717, 1.165) is 22.5 Å². The molecule has 0 aliphatic carbocycles. The molecule has 2 amide bonds. The van der Waals surface area contributed by atoms with Crippen LogP contribution in [0.25, 0.3) is 0 Å². The van der Waals surface area contributed by atoms with E-state index in [-0.39, 0.29) is 25.0 Å². The van der Waals surface area contributed by atoms with Crippen molar-refractivity contribution in [3.8, 4) is 6.07 Å². The Balaban J connectivity index is 0.00000320. The summed E-state index contributed by atoms with van der Waals surface area (Å²) >= 11 is 0. The molecule has 7 nitrogen and oxygen atoms in total. The summed E-state index contributed by atoms with van der Waals surface area (Å²) in [5.41, 5.74) is 4.29. The largest absolute Gasteiger partial charge is 0.329 e. The van der Waals surface area contributed by atoms with Gasteiger partial charge in [-0.25, -0.2) is 4.98 Å². The number of carbonyl (C=O) groups excluding carboxylic acids is 2. The fourth-order valence-electron chi connectivity index (χ4n) is 4.57. The zero-order valence-electron chi connectivity index (χ0n) is 20.1. The van der Waals surface area contributed by atoms with E-state index in [4.69, 9.17) is 5.26 Å². The molecule has 0 unspecified atom stereocenters. The lowest BCUT2D eigenvalue weighted by atomic mass is 10.0. The highest BCUT2D eigenvalue weighted by Gasteiger charge is 2.40. The van der Waals surface area contributed by atoms with Gasteiger partial charge in [-0.05, 0) is 41.8 Å². The Labute approximate surface area is 222 Å². The molecule has 0 saturated carbocycles. The van der Waals surface area contributed by atoms with E-state index < -0.39 is 11.8 Å². The lowest BCUT2D eigenvalue weighted by molar-refractivity contribution is -0.149. The number of hydrogen-bond acceptors (Lipinski definition) is 4. The van der Waals surface area contributed by atoms with Gasteiger partial charge < -0.3 is 14.4 Å². The number of piperazine rings is 1. The van der Waals surface area contributed by atoms with Gasteiger partial charge in [-0.15, -0.1) is 12.4 Å². The van der Waals surface area contributed by atoms with Gasteiger partial charge in [-0.1, -0.05) is 60.7 Å². The molecule has 2 heterocycles. The van der Waals surface area contributed by atoms with Crippen LogP contribution in [-0.4, -0.2) is 38.9 Å². The number of benzene rings is 3. The third-order valence-corrected chi connectivity index (χ3v) is 6.47. The first kappa shape index (κ1) is 25.7.